The third-order valence-corrected chi connectivity index (χ3v) is 5.36. The van der Waals surface area contributed by atoms with E-state index < -0.39 is 12.0 Å². The van der Waals surface area contributed by atoms with Gasteiger partial charge in [0.05, 0.1) is 35.6 Å². The lowest BCUT2D eigenvalue weighted by Crippen LogP contribution is -2.30. The minimum atomic E-state index is -0.967. The average Bonchev–Trinajstić information content (AvgIpc) is 3.23. The molecule has 0 bridgehead atoms. The summed E-state index contributed by atoms with van der Waals surface area (Å²) < 4.78 is 2.59. The summed E-state index contributed by atoms with van der Waals surface area (Å²) in [7, 11) is 0. The Morgan fingerprint density at radius 3 is 2.81 bits per heavy atom. The molecule has 8 heteroatoms. The number of nitrogens with one attached hydrogen (secondary N) is 1. The molecule has 0 aliphatic heterocycles. The SMILES string of the molecule is Cc1c(C(=O)NC(CC(=O)O)c2cccs2)cnn1-c1cccc(Br)c1. The largest absolute Gasteiger partial charge is 0.481 e. The van der Waals surface area contributed by atoms with Crippen LogP contribution in [0.25, 0.3) is 5.69 Å². The maximum Gasteiger partial charge on any atom is 0.305 e. The molecule has 3 aromatic rings. The fourth-order valence-electron chi connectivity index (χ4n) is 2.62. The van der Waals surface area contributed by atoms with Crippen LogP contribution in [-0.2, 0) is 4.79 Å². The predicted octanol–water partition coefficient (Wildman–Crippen LogP) is 3.95. The van der Waals surface area contributed by atoms with Crippen molar-refractivity contribution in [3.8, 4) is 5.69 Å². The lowest BCUT2D eigenvalue weighted by molar-refractivity contribution is -0.137. The van der Waals surface area contributed by atoms with E-state index in [2.05, 4.69) is 26.3 Å². The van der Waals surface area contributed by atoms with E-state index in [-0.39, 0.29) is 12.3 Å². The molecule has 2 heterocycles. The van der Waals surface area contributed by atoms with Gasteiger partial charge in [-0.25, -0.2) is 4.68 Å². The summed E-state index contributed by atoms with van der Waals surface area (Å²) in [4.78, 5) is 24.6. The highest BCUT2D eigenvalue weighted by Crippen LogP contribution is 2.24. The number of thiophene rings is 1. The number of aromatic nitrogens is 2. The van der Waals surface area contributed by atoms with Crippen LogP contribution in [0.15, 0.2) is 52.4 Å². The first-order valence-electron chi connectivity index (χ1n) is 7.82. The third kappa shape index (κ3) is 4.03. The second-order valence-electron chi connectivity index (χ2n) is 5.67. The number of hydrogen-bond donors (Lipinski definition) is 2. The highest BCUT2D eigenvalue weighted by Gasteiger charge is 2.22. The topological polar surface area (TPSA) is 84.2 Å². The molecule has 0 spiro atoms. The van der Waals surface area contributed by atoms with E-state index in [0.29, 0.717) is 11.3 Å². The molecule has 0 aliphatic carbocycles. The Bertz CT molecular complexity index is 937. The van der Waals surface area contributed by atoms with Gasteiger partial charge < -0.3 is 10.4 Å². The number of hydrogen-bond acceptors (Lipinski definition) is 4. The zero-order chi connectivity index (χ0) is 18.7. The molecule has 134 valence electrons. The Morgan fingerprint density at radius 1 is 1.35 bits per heavy atom. The van der Waals surface area contributed by atoms with Crippen molar-refractivity contribution >= 4 is 39.1 Å². The molecule has 2 N–H and O–H groups in total. The quantitative estimate of drug-likeness (QED) is 0.616. The Balaban J connectivity index is 1.85. The van der Waals surface area contributed by atoms with Crippen molar-refractivity contribution in [3.63, 3.8) is 0 Å². The number of carbonyl (C=O) groups is 2. The molecule has 0 saturated heterocycles. The number of nitrogens with zero attached hydrogens (tertiary/aromatic N) is 2. The van der Waals surface area contributed by atoms with Crippen LogP contribution in [0.2, 0.25) is 0 Å². The van der Waals surface area contributed by atoms with Gasteiger partial charge in [-0.3, -0.25) is 9.59 Å². The van der Waals surface area contributed by atoms with Gasteiger partial charge in [-0.2, -0.15) is 5.10 Å². The van der Waals surface area contributed by atoms with Crippen LogP contribution in [-0.4, -0.2) is 26.8 Å². The Morgan fingerprint density at radius 2 is 2.15 bits per heavy atom. The standard InChI is InChI=1S/C18H16BrN3O3S/c1-11-14(10-20-22(11)13-5-2-4-12(19)8-13)18(25)21-15(9-17(23)24)16-6-3-7-26-16/h2-8,10,15H,9H2,1H3,(H,21,25)(H,23,24). The van der Waals surface area contributed by atoms with Gasteiger partial charge in [0.15, 0.2) is 0 Å². The second kappa shape index (κ2) is 7.84. The average molecular weight is 434 g/mol. The van der Waals surface area contributed by atoms with E-state index in [1.54, 1.807) is 11.6 Å². The molecule has 0 radical (unpaired) electrons. The first kappa shape index (κ1) is 18.3. The van der Waals surface area contributed by atoms with Crippen LogP contribution in [0.4, 0.5) is 0 Å². The summed E-state index contributed by atoms with van der Waals surface area (Å²) in [6.07, 6.45) is 1.32. The zero-order valence-electron chi connectivity index (χ0n) is 13.8. The first-order valence-corrected chi connectivity index (χ1v) is 9.49. The van der Waals surface area contributed by atoms with Crippen LogP contribution in [0.3, 0.4) is 0 Å². The summed E-state index contributed by atoms with van der Waals surface area (Å²) in [5, 5.41) is 18.1. The lowest BCUT2D eigenvalue weighted by atomic mass is 10.1. The summed E-state index contributed by atoms with van der Waals surface area (Å²) in [5.74, 6) is -1.31. The summed E-state index contributed by atoms with van der Waals surface area (Å²) in [6.45, 7) is 1.81. The number of rotatable bonds is 6. The Kier molecular flexibility index (Phi) is 5.53. The number of aliphatic carboxylic acids is 1. The van der Waals surface area contributed by atoms with E-state index in [9.17, 15) is 9.59 Å². The Labute approximate surface area is 162 Å². The number of carboxylic acids is 1. The van der Waals surface area contributed by atoms with Gasteiger partial charge in [0.1, 0.15) is 0 Å². The third-order valence-electron chi connectivity index (χ3n) is 3.88. The zero-order valence-corrected chi connectivity index (χ0v) is 16.3. The highest BCUT2D eigenvalue weighted by molar-refractivity contribution is 9.10. The molecule has 1 amide bonds. The molecule has 1 aromatic carbocycles. The molecule has 0 aliphatic rings. The van der Waals surface area contributed by atoms with Gasteiger partial charge in [-0.1, -0.05) is 28.1 Å². The molecule has 6 nitrogen and oxygen atoms in total. The van der Waals surface area contributed by atoms with Crippen molar-refractivity contribution in [2.75, 3.05) is 0 Å². The van der Waals surface area contributed by atoms with Gasteiger partial charge in [0, 0.05) is 9.35 Å². The van der Waals surface area contributed by atoms with Crippen molar-refractivity contribution in [1.82, 2.24) is 15.1 Å². The number of carbonyl (C=O) groups excluding carboxylic acids is 1. The number of carboxylic acid groups (broad SMARTS) is 1. The van der Waals surface area contributed by atoms with Crippen LogP contribution in [0, 0.1) is 6.92 Å². The normalized spacial score (nSPS) is 11.9. The maximum absolute atomic E-state index is 12.7. The van der Waals surface area contributed by atoms with Gasteiger partial charge >= 0.3 is 5.97 Å². The minimum Gasteiger partial charge on any atom is -0.481 e. The van der Waals surface area contributed by atoms with Gasteiger partial charge in [0.2, 0.25) is 0 Å². The van der Waals surface area contributed by atoms with Gasteiger partial charge in [0.25, 0.3) is 5.91 Å². The van der Waals surface area contributed by atoms with Crippen molar-refractivity contribution < 1.29 is 14.7 Å². The van der Waals surface area contributed by atoms with E-state index in [1.807, 2.05) is 41.8 Å². The van der Waals surface area contributed by atoms with Gasteiger partial charge in [-0.05, 0) is 36.6 Å². The number of benzene rings is 1. The molecular weight excluding hydrogens is 418 g/mol. The van der Waals surface area contributed by atoms with Crippen molar-refractivity contribution in [1.29, 1.82) is 0 Å². The maximum atomic E-state index is 12.7. The van der Waals surface area contributed by atoms with Crippen LogP contribution >= 0.6 is 27.3 Å². The summed E-state index contributed by atoms with van der Waals surface area (Å²) >= 11 is 4.84. The fraction of sp³-hybridized carbons (Fsp3) is 0.167. The van der Waals surface area contributed by atoms with E-state index in [1.165, 1.54) is 17.5 Å². The van der Waals surface area contributed by atoms with Crippen LogP contribution in [0.5, 0.6) is 0 Å². The van der Waals surface area contributed by atoms with Crippen molar-refractivity contribution in [2.45, 2.75) is 19.4 Å². The molecule has 26 heavy (non-hydrogen) atoms. The molecule has 3 rings (SSSR count). The molecular formula is C18H16BrN3O3S. The molecule has 0 fully saturated rings. The van der Waals surface area contributed by atoms with E-state index >= 15 is 0 Å². The smallest absolute Gasteiger partial charge is 0.305 e. The van der Waals surface area contributed by atoms with Crippen LogP contribution < -0.4 is 5.32 Å². The monoisotopic (exact) mass is 433 g/mol. The van der Waals surface area contributed by atoms with E-state index in [4.69, 9.17) is 5.11 Å². The minimum absolute atomic E-state index is 0.176. The Hall–Kier alpha value is -2.45. The summed E-state index contributed by atoms with van der Waals surface area (Å²) in [5.41, 5.74) is 1.93. The molecule has 1 atom stereocenters. The molecule has 1 unspecified atom stereocenters. The van der Waals surface area contributed by atoms with E-state index in [0.717, 1.165) is 15.0 Å². The first-order chi connectivity index (χ1) is 12.5. The number of amides is 1. The lowest BCUT2D eigenvalue weighted by Gasteiger charge is -2.15. The van der Waals surface area contributed by atoms with Crippen molar-refractivity contribution in [2.24, 2.45) is 0 Å². The van der Waals surface area contributed by atoms with Crippen LogP contribution in [0.1, 0.15) is 33.4 Å². The second-order valence-corrected chi connectivity index (χ2v) is 7.57. The highest BCUT2D eigenvalue weighted by atomic mass is 79.9. The van der Waals surface area contributed by atoms with Gasteiger partial charge in [-0.15, -0.1) is 11.3 Å². The predicted molar refractivity (Wildman–Crippen MR) is 103 cm³/mol. The number of halogens is 1. The summed E-state index contributed by atoms with van der Waals surface area (Å²) in [6, 6.07) is 10.7. The molecule has 0 saturated carbocycles. The molecule has 2 aromatic heterocycles. The fourth-order valence-corrected chi connectivity index (χ4v) is 3.79. The van der Waals surface area contributed by atoms with Crippen molar-refractivity contribution in [3.05, 3.63) is 68.6 Å².